The molecule has 180 valence electrons. The number of hydrogen-bond acceptors (Lipinski definition) is 6. The molecule has 1 fully saturated rings. The van der Waals surface area contributed by atoms with Crippen LogP contribution in [0, 0.1) is 12.7 Å². The number of para-hydroxylation sites is 1. The maximum atomic E-state index is 14.4. The summed E-state index contributed by atoms with van der Waals surface area (Å²) in [6.07, 6.45) is 1.45. The Morgan fingerprint density at radius 1 is 0.914 bits per heavy atom. The van der Waals surface area contributed by atoms with E-state index in [0.717, 1.165) is 5.56 Å². The van der Waals surface area contributed by atoms with Gasteiger partial charge in [-0.05, 0) is 49.4 Å². The summed E-state index contributed by atoms with van der Waals surface area (Å²) in [6, 6.07) is 19.0. The maximum Gasteiger partial charge on any atom is 0.210 e. The van der Waals surface area contributed by atoms with Crippen molar-refractivity contribution < 1.29 is 17.5 Å². The Morgan fingerprint density at radius 3 is 2.29 bits per heavy atom. The van der Waals surface area contributed by atoms with Gasteiger partial charge in [-0.25, -0.2) is 12.8 Å². The predicted octanol–water partition coefficient (Wildman–Crippen LogP) is 4.85. The Bertz CT molecular complexity index is 1480. The topological polar surface area (TPSA) is 62.7 Å². The van der Waals surface area contributed by atoms with Crippen molar-refractivity contribution in [3.8, 4) is 5.75 Å². The molecule has 1 aliphatic rings. The second kappa shape index (κ2) is 9.19. The molecule has 0 atom stereocenters. The molecule has 0 N–H and O–H groups in total. The lowest BCUT2D eigenvalue weighted by molar-refractivity contribution is 0.415. The molecular formula is C27H26FN3O3S. The SMILES string of the molecule is COc1ccc2ncc(S(=O)(=O)c3ccc(C)cc3)c(N3CCN(c4ccccc4F)CC3)c2c1. The average molecular weight is 492 g/mol. The third kappa shape index (κ3) is 4.30. The predicted molar refractivity (Wildman–Crippen MR) is 136 cm³/mol. The van der Waals surface area contributed by atoms with Crippen molar-refractivity contribution in [2.45, 2.75) is 16.7 Å². The van der Waals surface area contributed by atoms with Crippen molar-refractivity contribution in [1.29, 1.82) is 0 Å². The van der Waals surface area contributed by atoms with Crippen LogP contribution < -0.4 is 14.5 Å². The van der Waals surface area contributed by atoms with Crippen LogP contribution in [0.5, 0.6) is 5.75 Å². The Hall–Kier alpha value is -3.65. The van der Waals surface area contributed by atoms with Crippen molar-refractivity contribution >= 4 is 32.1 Å². The zero-order valence-corrected chi connectivity index (χ0v) is 20.4. The van der Waals surface area contributed by atoms with Gasteiger partial charge in [0.2, 0.25) is 9.84 Å². The number of sulfone groups is 1. The third-order valence-corrected chi connectivity index (χ3v) is 8.19. The van der Waals surface area contributed by atoms with Crippen molar-refractivity contribution in [3.63, 3.8) is 0 Å². The molecule has 6 nitrogen and oxygen atoms in total. The summed E-state index contributed by atoms with van der Waals surface area (Å²) in [5, 5.41) is 0.705. The molecule has 2 heterocycles. The maximum absolute atomic E-state index is 14.4. The van der Waals surface area contributed by atoms with Gasteiger partial charge in [0.15, 0.2) is 0 Å². The van der Waals surface area contributed by atoms with Crippen LogP contribution in [0.1, 0.15) is 5.56 Å². The average Bonchev–Trinajstić information content (AvgIpc) is 2.88. The number of methoxy groups -OCH3 is 1. The van der Waals surface area contributed by atoms with Gasteiger partial charge < -0.3 is 14.5 Å². The van der Waals surface area contributed by atoms with Gasteiger partial charge in [0, 0.05) is 37.8 Å². The summed E-state index contributed by atoms with van der Waals surface area (Å²) in [4.78, 5) is 8.90. The van der Waals surface area contributed by atoms with E-state index in [1.807, 2.05) is 36.1 Å². The summed E-state index contributed by atoms with van der Waals surface area (Å²) in [5.41, 5.74) is 2.82. The number of pyridine rings is 1. The smallest absolute Gasteiger partial charge is 0.210 e. The molecule has 1 saturated heterocycles. The van der Waals surface area contributed by atoms with Crippen LogP contribution >= 0.6 is 0 Å². The number of anilines is 2. The van der Waals surface area contributed by atoms with Crippen molar-refractivity contribution in [2.75, 3.05) is 43.1 Å². The summed E-state index contributed by atoms with van der Waals surface area (Å²) in [7, 11) is -2.26. The van der Waals surface area contributed by atoms with E-state index in [2.05, 4.69) is 9.88 Å². The third-order valence-electron chi connectivity index (χ3n) is 6.42. The molecule has 0 amide bonds. The Morgan fingerprint density at radius 2 is 1.60 bits per heavy atom. The zero-order chi connectivity index (χ0) is 24.6. The van der Waals surface area contributed by atoms with Crippen LogP contribution in [-0.4, -0.2) is 46.7 Å². The summed E-state index contributed by atoms with van der Waals surface area (Å²) < 4.78 is 47.4. The van der Waals surface area contributed by atoms with E-state index in [1.54, 1.807) is 43.5 Å². The number of aryl methyl sites for hydroxylation is 1. The highest BCUT2D eigenvalue weighted by molar-refractivity contribution is 7.91. The Kier molecular flexibility index (Phi) is 6.06. The molecule has 0 bridgehead atoms. The second-order valence-corrected chi connectivity index (χ2v) is 10.5. The quantitative estimate of drug-likeness (QED) is 0.398. The van der Waals surface area contributed by atoms with Crippen LogP contribution in [0.25, 0.3) is 10.9 Å². The summed E-state index contributed by atoms with van der Waals surface area (Å²) in [6.45, 7) is 4.08. The standard InChI is InChI=1S/C27H26FN3O3S/c1-19-7-10-21(11-8-19)35(32,33)26-18-29-24-12-9-20(34-2)17-22(24)27(26)31-15-13-30(14-16-31)25-6-4-3-5-23(25)28/h3-12,17-18H,13-16H2,1-2H3. The van der Waals surface area contributed by atoms with Gasteiger partial charge in [0.25, 0.3) is 0 Å². The van der Waals surface area contributed by atoms with Gasteiger partial charge in [-0.2, -0.15) is 0 Å². The molecule has 0 radical (unpaired) electrons. The van der Waals surface area contributed by atoms with E-state index in [0.29, 0.717) is 54.2 Å². The first-order valence-corrected chi connectivity index (χ1v) is 12.9. The minimum atomic E-state index is -3.84. The van der Waals surface area contributed by atoms with Crippen LogP contribution in [0.4, 0.5) is 15.8 Å². The van der Waals surface area contributed by atoms with Crippen molar-refractivity contribution in [2.24, 2.45) is 0 Å². The highest BCUT2D eigenvalue weighted by Crippen LogP contribution is 2.38. The lowest BCUT2D eigenvalue weighted by Gasteiger charge is -2.38. The van der Waals surface area contributed by atoms with E-state index in [4.69, 9.17) is 4.74 Å². The van der Waals surface area contributed by atoms with Gasteiger partial charge in [-0.15, -0.1) is 0 Å². The first kappa shape index (κ1) is 23.1. The number of halogens is 1. The first-order valence-electron chi connectivity index (χ1n) is 11.4. The molecule has 1 aromatic heterocycles. The molecule has 35 heavy (non-hydrogen) atoms. The number of ether oxygens (including phenoxy) is 1. The van der Waals surface area contributed by atoms with Gasteiger partial charge >= 0.3 is 0 Å². The summed E-state index contributed by atoms with van der Waals surface area (Å²) in [5.74, 6) is 0.359. The molecule has 0 unspecified atom stereocenters. The fourth-order valence-electron chi connectivity index (χ4n) is 4.51. The molecule has 0 spiro atoms. The number of rotatable bonds is 5. The number of benzene rings is 3. The van der Waals surface area contributed by atoms with Gasteiger partial charge in [0.05, 0.1) is 28.9 Å². The molecule has 1 aliphatic heterocycles. The highest BCUT2D eigenvalue weighted by Gasteiger charge is 2.29. The number of piperazine rings is 1. The van der Waals surface area contributed by atoms with Crippen LogP contribution in [0.15, 0.2) is 82.7 Å². The molecule has 8 heteroatoms. The number of nitrogens with zero attached hydrogens (tertiary/aromatic N) is 3. The molecular weight excluding hydrogens is 465 g/mol. The Balaban J connectivity index is 1.60. The number of fused-ring (bicyclic) bond motifs is 1. The van der Waals surface area contributed by atoms with Crippen LogP contribution in [0.2, 0.25) is 0 Å². The van der Waals surface area contributed by atoms with E-state index in [-0.39, 0.29) is 15.6 Å². The normalized spacial score (nSPS) is 14.4. The van der Waals surface area contributed by atoms with Crippen molar-refractivity contribution in [3.05, 3.63) is 84.3 Å². The molecule has 5 rings (SSSR count). The number of hydrogen-bond donors (Lipinski definition) is 0. The van der Waals surface area contributed by atoms with Gasteiger partial charge in [0.1, 0.15) is 16.5 Å². The second-order valence-electron chi connectivity index (χ2n) is 8.60. The largest absolute Gasteiger partial charge is 0.497 e. The monoisotopic (exact) mass is 491 g/mol. The molecule has 0 aliphatic carbocycles. The number of aromatic nitrogens is 1. The van der Waals surface area contributed by atoms with Gasteiger partial charge in [-0.3, -0.25) is 4.98 Å². The van der Waals surface area contributed by atoms with E-state index < -0.39 is 9.84 Å². The first-order chi connectivity index (χ1) is 16.9. The highest BCUT2D eigenvalue weighted by atomic mass is 32.2. The van der Waals surface area contributed by atoms with E-state index in [9.17, 15) is 12.8 Å². The van der Waals surface area contributed by atoms with Crippen LogP contribution in [0.3, 0.4) is 0 Å². The van der Waals surface area contributed by atoms with Crippen molar-refractivity contribution in [1.82, 2.24) is 4.98 Å². The molecule has 0 saturated carbocycles. The lowest BCUT2D eigenvalue weighted by atomic mass is 10.1. The fraction of sp³-hybridized carbons (Fsp3) is 0.222. The minimum Gasteiger partial charge on any atom is -0.497 e. The minimum absolute atomic E-state index is 0.154. The molecule has 4 aromatic rings. The van der Waals surface area contributed by atoms with E-state index in [1.165, 1.54) is 12.3 Å². The van der Waals surface area contributed by atoms with Crippen LogP contribution in [-0.2, 0) is 9.84 Å². The van der Waals surface area contributed by atoms with Gasteiger partial charge in [-0.1, -0.05) is 29.8 Å². The molecule has 3 aromatic carbocycles. The zero-order valence-electron chi connectivity index (χ0n) is 19.6. The van der Waals surface area contributed by atoms with E-state index >= 15 is 0 Å². The Labute approximate surface area is 204 Å². The summed E-state index contributed by atoms with van der Waals surface area (Å²) >= 11 is 0. The fourth-order valence-corrected chi connectivity index (χ4v) is 5.95. The lowest BCUT2D eigenvalue weighted by Crippen LogP contribution is -2.47.